The van der Waals surface area contributed by atoms with Crippen molar-refractivity contribution in [3.8, 4) is 0 Å². The quantitative estimate of drug-likeness (QED) is 0.685. The monoisotopic (exact) mass is 382 g/mol. The van der Waals surface area contributed by atoms with Gasteiger partial charge in [-0.25, -0.2) is 4.79 Å². The number of amides is 2. The molecule has 2 aromatic rings. The zero-order valence-corrected chi connectivity index (χ0v) is 16.4. The van der Waals surface area contributed by atoms with Crippen molar-refractivity contribution in [3.63, 3.8) is 0 Å². The maximum Gasteiger partial charge on any atom is 0.338 e. The number of carbonyl (C=O) groups excluding carboxylic acids is 3. The van der Waals surface area contributed by atoms with Crippen LogP contribution in [0.4, 0.5) is 5.69 Å². The zero-order valence-electron chi connectivity index (χ0n) is 16.4. The van der Waals surface area contributed by atoms with E-state index in [0.717, 1.165) is 12.0 Å². The van der Waals surface area contributed by atoms with Crippen molar-refractivity contribution in [2.24, 2.45) is 0 Å². The van der Waals surface area contributed by atoms with E-state index in [-0.39, 0.29) is 17.7 Å². The number of hydrogen-bond donors (Lipinski definition) is 2. The third-order valence-corrected chi connectivity index (χ3v) is 4.38. The molecule has 2 aromatic carbocycles. The normalized spacial score (nSPS) is 12.5. The molecule has 2 amide bonds. The predicted molar refractivity (Wildman–Crippen MR) is 108 cm³/mol. The summed E-state index contributed by atoms with van der Waals surface area (Å²) in [6.07, 6.45) is -0.0187. The molecule has 0 fully saturated rings. The zero-order chi connectivity index (χ0) is 20.5. The van der Waals surface area contributed by atoms with E-state index >= 15 is 0 Å². The first-order valence-electron chi connectivity index (χ1n) is 9.32. The van der Waals surface area contributed by atoms with Crippen molar-refractivity contribution >= 4 is 23.5 Å². The van der Waals surface area contributed by atoms with Crippen LogP contribution in [0.5, 0.6) is 0 Å². The topological polar surface area (TPSA) is 84.5 Å². The van der Waals surface area contributed by atoms with E-state index in [4.69, 9.17) is 4.74 Å². The van der Waals surface area contributed by atoms with Gasteiger partial charge in [0.05, 0.1) is 5.56 Å². The Kier molecular flexibility index (Phi) is 7.75. The van der Waals surface area contributed by atoms with Crippen molar-refractivity contribution in [1.29, 1.82) is 0 Å². The fourth-order valence-corrected chi connectivity index (χ4v) is 2.77. The van der Waals surface area contributed by atoms with Crippen LogP contribution in [0.2, 0.25) is 0 Å². The van der Waals surface area contributed by atoms with Crippen LogP contribution in [0.25, 0.3) is 0 Å². The lowest BCUT2D eigenvalue weighted by Gasteiger charge is -2.18. The van der Waals surface area contributed by atoms with Crippen molar-refractivity contribution in [2.45, 2.75) is 39.2 Å². The molecule has 0 heterocycles. The first-order chi connectivity index (χ1) is 13.4. The van der Waals surface area contributed by atoms with Gasteiger partial charge in [-0.3, -0.25) is 9.59 Å². The number of benzene rings is 2. The van der Waals surface area contributed by atoms with E-state index in [1.165, 1.54) is 6.92 Å². The molecule has 2 rings (SSSR count). The summed E-state index contributed by atoms with van der Waals surface area (Å²) in [7, 11) is 0. The molecule has 0 aliphatic carbocycles. The van der Waals surface area contributed by atoms with E-state index in [1.807, 2.05) is 30.3 Å². The molecule has 0 bridgehead atoms. The van der Waals surface area contributed by atoms with E-state index in [9.17, 15) is 14.4 Å². The van der Waals surface area contributed by atoms with Crippen molar-refractivity contribution in [3.05, 3.63) is 65.7 Å². The minimum Gasteiger partial charge on any atom is -0.449 e. The molecular formula is C22H26N2O4. The Labute approximate surface area is 165 Å². The highest BCUT2D eigenvalue weighted by Gasteiger charge is 2.20. The average molecular weight is 382 g/mol. The van der Waals surface area contributed by atoms with Gasteiger partial charge in [-0.15, -0.1) is 0 Å². The molecule has 0 unspecified atom stereocenters. The molecule has 0 saturated carbocycles. The van der Waals surface area contributed by atoms with E-state index in [0.29, 0.717) is 17.8 Å². The van der Waals surface area contributed by atoms with Crippen LogP contribution in [0.3, 0.4) is 0 Å². The summed E-state index contributed by atoms with van der Waals surface area (Å²) in [5, 5.41) is 5.48. The van der Waals surface area contributed by atoms with Gasteiger partial charge >= 0.3 is 5.97 Å². The Morgan fingerprint density at radius 1 is 1.00 bits per heavy atom. The molecule has 148 valence electrons. The third-order valence-electron chi connectivity index (χ3n) is 4.38. The summed E-state index contributed by atoms with van der Waals surface area (Å²) in [6.45, 7) is 5.50. The highest BCUT2D eigenvalue weighted by molar-refractivity contribution is 5.93. The smallest absolute Gasteiger partial charge is 0.338 e. The maximum atomic E-state index is 12.3. The standard InChI is InChI=1S/C22H26N2O4/c1-4-17(18-8-6-5-7-9-18)14-23-21(26)15(2)28-22(27)19-10-12-20(13-11-19)24-16(3)25/h5-13,15,17H,4,14H2,1-3H3,(H,23,26)(H,24,25)/t15-,17+/m0/s1. The van der Waals surface area contributed by atoms with Crippen LogP contribution in [0, 0.1) is 0 Å². The summed E-state index contributed by atoms with van der Waals surface area (Å²) in [5.41, 5.74) is 2.06. The van der Waals surface area contributed by atoms with Gasteiger partial charge in [0.25, 0.3) is 5.91 Å². The molecule has 0 aliphatic rings. The van der Waals surface area contributed by atoms with Crippen LogP contribution >= 0.6 is 0 Å². The van der Waals surface area contributed by atoms with E-state index in [2.05, 4.69) is 17.6 Å². The Morgan fingerprint density at radius 2 is 1.64 bits per heavy atom. The number of ether oxygens (including phenoxy) is 1. The molecular weight excluding hydrogens is 356 g/mol. The van der Waals surface area contributed by atoms with Crippen LogP contribution in [-0.4, -0.2) is 30.4 Å². The SMILES string of the molecule is CC[C@H](CNC(=O)[C@H](C)OC(=O)c1ccc(NC(C)=O)cc1)c1ccccc1. The Morgan fingerprint density at radius 3 is 2.21 bits per heavy atom. The number of anilines is 1. The van der Waals surface area contributed by atoms with Crippen molar-refractivity contribution in [1.82, 2.24) is 5.32 Å². The summed E-state index contributed by atoms with van der Waals surface area (Å²) in [6, 6.07) is 16.3. The largest absolute Gasteiger partial charge is 0.449 e. The summed E-state index contributed by atoms with van der Waals surface area (Å²) in [5.74, 6) is -0.916. The van der Waals surface area contributed by atoms with Crippen molar-refractivity contribution < 1.29 is 19.1 Å². The first-order valence-corrected chi connectivity index (χ1v) is 9.32. The molecule has 28 heavy (non-hydrogen) atoms. The van der Waals surface area contributed by atoms with Gasteiger partial charge < -0.3 is 15.4 Å². The molecule has 0 spiro atoms. The van der Waals surface area contributed by atoms with Gasteiger partial charge in [0.1, 0.15) is 0 Å². The highest BCUT2D eigenvalue weighted by atomic mass is 16.5. The number of esters is 1. The second-order valence-corrected chi connectivity index (χ2v) is 6.57. The van der Waals surface area contributed by atoms with Gasteiger partial charge in [-0.05, 0) is 43.2 Å². The first kappa shape index (κ1) is 21.2. The maximum absolute atomic E-state index is 12.3. The number of hydrogen-bond acceptors (Lipinski definition) is 4. The van der Waals surface area contributed by atoms with E-state index in [1.54, 1.807) is 31.2 Å². The number of carbonyl (C=O) groups is 3. The number of rotatable bonds is 8. The van der Waals surface area contributed by atoms with Gasteiger partial charge in [-0.1, -0.05) is 37.3 Å². The second-order valence-electron chi connectivity index (χ2n) is 6.57. The van der Waals surface area contributed by atoms with Gasteiger partial charge in [-0.2, -0.15) is 0 Å². The van der Waals surface area contributed by atoms with Crippen molar-refractivity contribution in [2.75, 3.05) is 11.9 Å². The lowest BCUT2D eigenvalue weighted by atomic mass is 9.96. The molecule has 0 aromatic heterocycles. The summed E-state index contributed by atoms with van der Waals surface area (Å²) >= 11 is 0. The Hall–Kier alpha value is -3.15. The Bertz CT molecular complexity index is 803. The van der Waals surface area contributed by atoms with Crippen LogP contribution in [0.1, 0.15) is 49.0 Å². The minimum absolute atomic E-state index is 0.193. The van der Waals surface area contributed by atoms with Gasteiger partial charge in [0.15, 0.2) is 6.10 Å². The Balaban J connectivity index is 1.87. The molecule has 0 saturated heterocycles. The van der Waals surface area contributed by atoms with Crippen LogP contribution in [-0.2, 0) is 14.3 Å². The summed E-state index contributed by atoms with van der Waals surface area (Å²) < 4.78 is 5.25. The lowest BCUT2D eigenvalue weighted by molar-refractivity contribution is -0.129. The molecule has 2 atom stereocenters. The highest BCUT2D eigenvalue weighted by Crippen LogP contribution is 2.18. The fourth-order valence-electron chi connectivity index (χ4n) is 2.77. The average Bonchev–Trinajstić information content (AvgIpc) is 2.69. The molecule has 6 nitrogen and oxygen atoms in total. The second kappa shape index (κ2) is 10.3. The summed E-state index contributed by atoms with van der Waals surface area (Å²) in [4.78, 5) is 35.5. The molecule has 0 aliphatic heterocycles. The molecule has 6 heteroatoms. The van der Waals surface area contributed by atoms with E-state index < -0.39 is 12.1 Å². The van der Waals surface area contributed by atoms with Crippen LogP contribution in [0.15, 0.2) is 54.6 Å². The minimum atomic E-state index is -0.907. The molecule has 0 radical (unpaired) electrons. The number of nitrogens with one attached hydrogen (secondary N) is 2. The third kappa shape index (κ3) is 6.23. The predicted octanol–water partition coefficient (Wildman–Crippen LogP) is 3.50. The van der Waals surface area contributed by atoms with Gasteiger partial charge in [0, 0.05) is 25.1 Å². The lowest BCUT2D eigenvalue weighted by Crippen LogP contribution is -2.38. The molecule has 2 N–H and O–H groups in total. The fraction of sp³-hybridized carbons (Fsp3) is 0.318. The van der Waals surface area contributed by atoms with Gasteiger partial charge in [0.2, 0.25) is 5.91 Å². The van der Waals surface area contributed by atoms with Crippen LogP contribution < -0.4 is 10.6 Å².